The molecule has 0 unspecified atom stereocenters. The number of β-amino-alcohol motifs (C(OH)–C–C–N with tert-alkyl or cyclic N) is 1. The standard InChI is InChI=1S/C12H21NO2/c14-9-11-3-7-13(8-4-11)10-12(15)5-1-2-6-12/h9,11,15H,1-8,10H2. The maximum Gasteiger partial charge on any atom is 0.123 e. The highest BCUT2D eigenvalue weighted by Crippen LogP contribution is 2.31. The van der Waals surface area contributed by atoms with E-state index in [1.54, 1.807) is 0 Å². The van der Waals surface area contributed by atoms with Gasteiger partial charge in [0.2, 0.25) is 0 Å². The Labute approximate surface area is 91.5 Å². The molecule has 3 heteroatoms. The first-order valence-electron chi connectivity index (χ1n) is 6.12. The highest BCUT2D eigenvalue weighted by atomic mass is 16.3. The first-order valence-corrected chi connectivity index (χ1v) is 6.12. The van der Waals surface area contributed by atoms with Crippen molar-refractivity contribution < 1.29 is 9.90 Å². The highest BCUT2D eigenvalue weighted by Gasteiger charge is 2.33. The van der Waals surface area contributed by atoms with E-state index in [0.29, 0.717) is 0 Å². The van der Waals surface area contributed by atoms with E-state index in [0.717, 1.165) is 51.6 Å². The van der Waals surface area contributed by atoms with Crippen molar-refractivity contribution in [2.45, 2.75) is 44.1 Å². The largest absolute Gasteiger partial charge is 0.389 e. The lowest BCUT2D eigenvalue weighted by molar-refractivity contribution is -0.112. The number of hydrogen-bond donors (Lipinski definition) is 1. The summed E-state index contributed by atoms with van der Waals surface area (Å²) in [7, 11) is 0. The Balaban J connectivity index is 1.78. The zero-order valence-corrected chi connectivity index (χ0v) is 9.32. The third-order valence-corrected chi connectivity index (χ3v) is 3.88. The maximum absolute atomic E-state index is 10.6. The van der Waals surface area contributed by atoms with Crippen LogP contribution in [0, 0.1) is 5.92 Å². The van der Waals surface area contributed by atoms with Gasteiger partial charge in [0.1, 0.15) is 6.29 Å². The van der Waals surface area contributed by atoms with Gasteiger partial charge in [-0.15, -0.1) is 0 Å². The summed E-state index contributed by atoms with van der Waals surface area (Å²) in [4.78, 5) is 12.9. The van der Waals surface area contributed by atoms with Gasteiger partial charge in [-0.25, -0.2) is 0 Å². The van der Waals surface area contributed by atoms with Crippen molar-refractivity contribution in [2.75, 3.05) is 19.6 Å². The van der Waals surface area contributed by atoms with E-state index < -0.39 is 5.60 Å². The topological polar surface area (TPSA) is 40.5 Å². The molecule has 1 saturated heterocycles. The monoisotopic (exact) mass is 211 g/mol. The Morgan fingerprint density at radius 1 is 1.27 bits per heavy atom. The second kappa shape index (κ2) is 4.62. The number of hydrogen-bond acceptors (Lipinski definition) is 3. The molecule has 0 aromatic rings. The second-order valence-electron chi connectivity index (χ2n) is 5.18. The summed E-state index contributed by atoms with van der Waals surface area (Å²) in [6, 6.07) is 0. The number of likely N-dealkylation sites (tertiary alicyclic amines) is 1. The number of nitrogens with zero attached hydrogens (tertiary/aromatic N) is 1. The van der Waals surface area contributed by atoms with Gasteiger partial charge in [0.15, 0.2) is 0 Å². The van der Waals surface area contributed by atoms with E-state index in [9.17, 15) is 9.90 Å². The fourth-order valence-corrected chi connectivity index (χ4v) is 2.85. The summed E-state index contributed by atoms with van der Waals surface area (Å²) < 4.78 is 0. The van der Waals surface area contributed by atoms with E-state index in [2.05, 4.69) is 4.90 Å². The molecular weight excluding hydrogens is 190 g/mol. The lowest BCUT2D eigenvalue weighted by atomic mass is 9.95. The molecule has 0 spiro atoms. The molecule has 0 amide bonds. The van der Waals surface area contributed by atoms with Crippen molar-refractivity contribution in [3.05, 3.63) is 0 Å². The summed E-state index contributed by atoms with van der Waals surface area (Å²) in [6.45, 7) is 2.77. The Hall–Kier alpha value is -0.410. The molecule has 2 rings (SSSR count). The number of piperidine rings is 1. The van der Waals surface area contributed by atoms with Crippen LogP contribution in [0.4, 0.5) is 0 Å². The van der Waals surface area contributed by atoms with Crippen LogP contribution in [-0.4, -0.2) is 41.5 Å². The molecule has 15 heavy (non-hydrogen) atoms. The Kier molecular flexibility index (Phi) is 3.42. The van der Waals surface area contributed by atoms with Gasteiger partial charge in [-0.3, -0.25) is 0 Å². The van der Waals surface area contributed by atoms with Gasteiger partial charge in [-0.05, 0) is 38.8 Å². The average molecular weight is 211 g/mol. The van der Waals surface area contributed by atoms with Crippen LogP contribution < -0.4 is 0 Å². The SMILES string of the molecule is O=CC1CCN(CC2(O)CCCC2)CC1. The summed E-state index contributed by atoms with van der Waals surface area (Å²) in [5, 5.41) is 10.3. The molecule has 1 saturated carbocycles. The fourth-order valence-electron chi connectivity index (χ4n) is 2.85. The Morgan fingerprint density at radius 2 is 1.87 bits per heavy atom. The second-order valence-corrected chi connectivity index (χ2v) is 5.18. The molecular formula is C12H21NO2. The van der Waals surface area contributed by atoms with Gasteiger partial charge < -0.3 is 14.8 Å². The van der Waals surface area contributed by atoms with E-state index in [4.69, 9.17) is 0 Å². The molecule has 1 aliphatic carbocycles. The number of rotatable bonds is 3. The van der Waals surface area contributed by atoms with Crippen LogP contribution in [0.3, 0.4) is 0 Å². The smallest absolute Gasteiger partial charge is 0.123 e. The summed E-state index contributed by atoms with van der Waals surface area (Å²) in [6.07, 6.45) is 7.28. The van der Waals surface area contributed by atoms with Crippen LogP contribution in [-0.2, 0) is 4.79 Å². The van der Waals surface area contributed by atoms with Crippen molar-refractivity contribution in [2.24, 2.45) is 5.92 Å². The predicted molar refractivity (Wildman–Crippen MR) is 58.6 cm³/mol. The molecule has 0 aromatic heterocycles. The van der Waals surface area contributed by atoms with Crippen molar-refractivity contribution in [3.8, 4) is 0 Å². The molecule has 0 atom stereocenters. The third-order valence-electron chi connectivity index (χ3n) is 3.88. The van der Waals surface area contributed by atoms with Gasteiger partial charge in [0, 0.05) is 12.5 Å². The molecule has 3 nitrogen and oxygen atoms in total. The van der Waals surface area contributed by atoms with Gasteiger partial charge in [0.05, 0.1) is 5.60 Å². The average Bonchev–Trinajstić information content (AvgIpc) is 2.66. The molecule has 86 valence electrons. The molecule has 1 N–H and O–H groups in total. The van der Waals surface area contributed by atoms with E-state index in [1.807, 2.05) is 0 Å². The zero-order chi connectivity index (χ0) is 10.7. The number of carbonyl (C=O) groups is 1. The van der Waals surface area contributed by atoms with E-state index >= 15 is 0 Å². The predicted octanol–water partition coefficient (Wildman–Crippen LogP) is 1.20. The van der Waals surface area contributed by atoms with Crippen molar-refractivity contribution >= 4 is 6.29 Å². The molecule has 2 fully saturated rings. The fraction of sp³-hybridized carbons (Fsp3) is 0.917. The summed E-state index contributed by atoms with van der Waals surface area (Å²) in [5.74, 6) is 0.263. The summed E-state index contributed by atoms with van der Waals surface area (Å²) in [5.41, 5.74) is -0.423. The molecule has 2 aliphatic rings. The maximum atomic E-state index is 10.6. The van der Waals surface area contributed by atoms with Crippen LogP contribution in [0.15, 0.2) is 0 Å². The van der Waals surface area contributed by atoms with E-state index in [-0.39, 0.29) is 5.92 Å². The first-order chi connectivity index (χ1) is 7.22. The lowest BCUT2D eigenvalue weighted by Gasteiger charge is -2.35. The number of carbonyl (C=O) groups excluding carboxylic acids is 1. The van der Waals surface area contributed by atoms with Gasteiger partial charge in [0.25, 0.3) is 0 Å². The molecule has 0 aromatic carbocycles. The zero-order valence-electron chi connectivity index (χ0n) is 9.32. The van der Waals surface area contributed by atoms with Crippen LogP contribution >= 0.6 is 0 Å². The molecule has 1 aliphatic heterocycles. The Morgan fingerprint density at radius 3 is 2.40 bits per heavy atom. The Bertz CT molecular complexity index is 216. The highest BCUT2D eigenvalue weighted by molar-refractivity contribution is 5.53. The number of aldehydes is 1. The minimum absolute atomic E-state index is 0.263. The van der Waals surface area contributed by atoms with Crippen molar-refractivity contribution in [1.82, 2.24) is 4.90 Å². The normalized spacial score (nSPS) is 28.1. The van der Waals surface area contributed by atoms with Crippen LogP contribution in [0.25, 0.3) is 0 Å². The quantitative estimate of drug-likeness (QED) is 0.713. The summed E-state index contributed by atoms with van der Waals surface area (Å²) >= 11 is 0. The number of aliphatic hydroxyl groups is 1. The van der Waals surface area contributed by atoms with E-state index in [1.165, 1.54) is 12.8 Å². The van der Waals surface area contributed by atoms with Crippen LogP contribution in [0.2, 0.25) is 0 Å². The first kappa shape index (κ1) is 11.1. The molecule has 0 bridgehead atoms. The van der Waals surface area contributed by atoms with Gasteiger partial charge >= 0.3 is 0 Å². The lowest BCUT2D eigenvalue weighted by Crippen LogP contribution is -2.44. The van der Waals surface area contributed by atoms with Crippen LogP contribution in [0.5, 0.6) is 0 Å². The van der Waals surface area contributed by atoms with Gasteiger partial charge in [-0.2, -0.15) is 0 Å². The van der Waals surface area contributed by atoms with Gasteiger partial charge in [-0.1, -0.05) is 12.8 Å². The molecule has 0 radical (unpaired) electrons. The minimum Gasteiger partial charge on any atom is -0.389 e. The third kappa shape index (κ3) is 2.79. The van der Waals surface area contributed by atoms with Crippen molar-refractivity contribution in [1.29, 1.82) is 0 Å². The molecule has 1 heterocycles. The van der Waals surface area contributed by atoms with Crippen LogP contribution in [0.1, 0.15) is 38.5 Å². The van der Waals surface area contributed by atoms with Crippen molar-refractivity contribution in [3.63, 3.8) is 0 Å². The minimum atomic E-state index is -0.423.